The molecule has 3 N–H and O–H groups in total. The zero-order valence-corrected chi connectivity index (χ0v) is 12.1. The summed E-state index contributed by atoms with van der Waals surface area (Å²) < 4.78 is 22.6. The Morgan fingerprint density at radius 2 is 2.00 bits per heavy atom. The zero-order valence-electron chi connectivity index (χ0n) is 11.2. The molecule has 1 rings (SSSR count). The van der Waals surface area contributed by atoms with Gasteiger partial charge in [-0.05, 0) is 25.2 Å². The maximum atomic E-state index is 12.1. The summed E-state index contributed by atoms with van der Waals surface area (Å²) in [4.78, 5) is 12.1. The van der Waals surface area contributed by atoms with Gasteiger partial charge in [-0.2, -0.15) is 0 Å². The molecule has 0 aromatic heterocycles. The van der Waals surface area contributed by atoms with Crippen LogP contribution in [0.5, 0.6) is 0 Å². The van der Waals surface area contributed by atoms with Crippen LogP contribution >= 0.6 is 0 Å². The highest BCUT2D eigenvalue weighted by Gasteiger charge is 2.34. The van der Waals surface area contributed by atoms with Crippen molar-refractivity contribution in [3.05, 3.63) is 0 Å². The zero-order chi connectivity index (χ0) is 13.8. The predicted octanol–water partition coefficient (Wildman–Crippen LogP) is 0.302. The van der Waals surface area contributed by atoms with E-state index < -0.39 is 15.3 Å². The van der Waals surface area contributed by atoms with Crippen molar-refractivity contribution in [1.29, 1.82) is 0 Å². The molecule has 0 saturated carbocycles. The molecule has 1 amide bonds. The van der Waals surface area contributed by atoms with Gasteiger partial charge in [0.2, 0.25) is 5.91 Å². The molecule has 1 aliphatic heterocycles. The first-order valence-electron chi connectivity index (χ1n) is 6.58. The van der Waals surface area contributed by atoms with Crippen LogP contribution < -0.4 is 11.1 Å². The number of nitrogens with one attached hydrogen (secondary N) is 1. The SMILES string of the molecule is CCC(CC)(CN)C(=O)NCC1CCS(=O)(=O)C1. The summed E-state index contributed by atoms with van der Waals surface area (Å²) in [6.45, 7) is 4.68. The quantitative estimate of drug-likeness (QED) is 0.730. The van der Waals surface area contributed by atoms with Gasteiger partial charge in [0.25, 0.3) is 0 Å². The molecule has 1 atom stereocenters. The number of nitrogens with two attached hydrogens (primary N) is 1. The van der Waals surface area contributed by atoms with E-state index in [1.54, 1.807) is 0 Å². The lowest BCUT2D eigenvalue weighted by molar-refractivity contribution is -0.131. The summed E-state index contributed by atoms with van der Waals surface area (Å²) >= 11 is 0. The molecule has 1 aliphatic rings. The van der Waals surface area contributed by atoms with Crippen LogP contribution in [0, 0.1) is 11.3 Å². The second-order valence-electron chi connectivity index (χ2n) is 5.17. The van der Waals surface area contributed by atoms with Crippen molar-refractivity contribution in [1.82, 2.24) is 5.32 Å². The topological polar surface area (TPSA) is 89.3 Å². The number of hydrogen-bond acceptors (Lipinski definition) is 4. The standard InChI is InChI=1S/C12H24N2O3S/c1-3-12(4-2,9-13)11(15)14-7-10-5-6-18(16,17)8-10/h10H,3-9,13H2,1-2H3,(H,14,15). The third-order valence-corrected chi connectivity index (χ3v) is 5.94. The fourth-order valence-electron chi connectivity index (χ4n) is 2.41. The maximum absolute atomic E-state index is 12.1. The Morgan fingerprint density at radius 3 is 2.39 bits per heavy atom. The molecule has 0 aromatic rings. The Balaban J connectivity index is 2.51. The van der Waals surface area contributed by atoms with Gasteiger partial charge in [-0.3, -0.25) is 4.79 Å². The Labute approximate surface area is 109 Å². The first kappa shape index (κ1) is 15.4. The van der Waals surface area contributed by atoms with Crippen LogP contribution in [0.1, 0.15) is 33.1 Å². The normalized spacial score (nSPS) is 22.9. The third-order valence-electron chi connectivity index (χ3n) is 4.10. The lowest BCUT2D eigenvalue weighted by Gasteiger charge is -2.29. The van der Waals surface area contributed by atoms with Crippen molar-refractivity contribution in [3.63, 3.8) is 0 Å². The van der Waals surface area contributed by atoms with E-state index in [4.69, 9.17) is 5.73 Å². The predicted molar refractivity (Wildman–Crippen MR) is 71.8 cm³/mol. The molecule has 1 unspecified atom stereocenters. The average Bonchev–Trinajstić information content (AvgIpc) is 2.69. The van der Waals surface area contributed by atoms with Gasteiger partial charge in [-0.15, -0.1) is 0 Å². The van der Waals surface area contributed by atoms with Crippen molar-refractivity contribution in [2.45, 2.75) is 33.1 Å². The summed E-state index contributed by atoms with van der Waals surface area (Å²) in [5, 5.41) is 2.87. The fraction of sp³-hybridized carbons (Fsp3) is 0.917. The minimum atomic E-state index is -2.87. The van der Waals surface area contributed by atoms with Crippen LogP contribution in [0.3, 0.4) is 0 Å². The van der Waals surface area contributed by atoms with Crippen molar-refractivity contribution in [2.75, 3.05) is 24.6 Å². The first-order valence-corrected chi connectivity index (χ1v) is 8.40. The monoisotopic (exact) mass is 276 g/mol. The van der Waals surface area contributed by atoms with E-state index in [1.165, 1.54) is 0 Å². The van der Waals surface area contributed by atoms with E-state index in [1.807, 2.05) is 13.8 Å². The number of hydrogen-bond donors (Lipinski definition) is 2. The maximum Gasteiger partial charge on any atom is 0.227 e. The molecule has 0 spiro atoms. The minimum absolute atomic E-state index is 0.0423. The van der Waals surface area contributed by atoms with Gasteiger partial charge in [0.05, 0.1) is 16.9 Å². The highest BCUT2D eigenvalue weighted by atomic mass is 32.2. The van der Waals surface area contributed by atoms with Crippen molar-refractivity contribution in [3.8, 4) is 0 Å². The number of amides is 1. The van der Waals surface area contributed by atoms with Crippen molar-refractivity contribution < 1.29 is 13.2 Å². The molecule has 0 aromatic carbocycles. The van der Waals surface area contributed by atoms with Gasteiger partial charge >= 0.3 is 0 Å². The van der Waals surface area contributed by atoms with Crippen LogP contribution in [-0.4, -0.2) is 38.9 Å². The molecule has 5 nitrogen and oxygen atoms in total. The smallest absolute Gasteiger partial charge is 0.227 e. The minimum Gasteiger partial charge on any atom is -0.355 e. The molecule has 1 heterocycles. The number of sulfone groups is 1. The lowest BCUT2D eigenvalue weighted by Crippen LogP contribution is -2.46. The van der Waals surface area contributed by atoms with Crippen LogP contribution in [0.4, 0.5) is 0 Å². The summed E-state index contributed by atoms with van der Waals surface area (Å²) in [7, 11) is -2.87. The van der Waals surface area contributed by atoms with Crippen LogP contribution in [0.2, 0.25) is 0 Å². The first-order chi connectivity index (χ1) is 8.39. The molecule has 0 aliphatic carbocycles. The number of rotatable bonds is 6. The van der Waals surface area contributed by atoms with Crippen molar-refractivity contribution >= 4 is 15.7 Å². The van der Waals surface area contributed by atoms with E-state index >= 15 is 0 Å². The average molecular weight is 276 g/mol. The third kappa shape index (κ3) is 3.45. The molecule has 18 heavy (non-hydrogen) atoms. The van der Waals surface area contributed by atoms with Gasteiger partial charge in [0.15, 0.2) is 9.84 Å². The van der Waals surface area contributed by atoms with Crippen molar-refractivity contribution in [2.24, 2.45) is 17.1 Å². The summed E-state index contributed by atoms with van der Waals surface area (Å²) in [6, 6.07) is 0. The molecule has 6 heteroatoms. The molecule has 1 fully saturated rings. The molecular weight excluding hydrogens is 252 g/mol. The number of carbonyl (C=O) groups is 1. The van der Waals surface area contributed by atoms with E-state index in [9.17, 15) is 13.2 Å². The van der Waals surface area contributed by atoms with Gasteiger partial charge in [0, 0.05) is 13.1 Å². The highest BCUT2D eigenvalue weighted by Crippen LogP contribution is 2.25. The van der Waals surface area contributed by atoms with Crippen LogP contribution in [0.25, 0.3) is 0 Å². The summed E-state index contributed by atoms with van der Waals surface area (Å²) in [5.74, 6) is 0.459. The molecule has 0 bridgehead atoms. The fourth-order valence-corrected chi connectivity index (χ4v) is 4.27. The molecule has 1 saturated heterocycles. The van der Waals surface area contributed by atoms with Crippen LogP contribution in [-0.2, 0) is 14.6 Å². The van der Waals surface area contributed by atoms with E-state index in [0.717, 1.165) is 0 Å². The van der Waals surface area contributed by atoms with Crippen LogP contribution in [0.15, 0.2) is 0 Å². The Bertz CT molecular complexity index is 380. The molecule has 0 radical (unpaired) electrons. The summed E-state index contributed by atoms with van der Waals surface area (Å²) in [6.07, 6.45) is 2.06. The highest BCUT2D eigenvalue weighted by molar-refractivity contribution is 7.91. The summed E-state index contributed by atoms with van der Waals surface area (Å²) in [5.41, 5.74) is 5.20. The Hall–Kier alpha value is -0.620. The van der Waals surface area contributed by atoms with Gasteiger partial charge in [-0.25, -0.2) is 8.42 Å². The largest absolute Gasteiger partial charge is 0.355 e. The van der Waals surface area contributed by atoms with E-state index in [0.29, 0.717) is 32.4 Å². The van der Waals surface area contributed by atoms with Gasteiger partial charge in [-0.1, -0.05) is 13.8 Å². The molecule has 106 valence electrons. The Morgan fingerprint density at radius 1 is 1.39 bits per heavy atom. The number of carbonyl (C=O) groups excluding carboxylic acids is 1. The van der Waals surface area contributed by atoms with Gasteiger partial charge in [0.1, 0.15) is 0 Å². The second-order valence-corrected chi connectivity index (χ2v) is 7.40. The van der Waals surface area contributed by atoms with E-state index in [-0.39, 0.29) is 23.3 Å². The molecular formula is C12H24N2O3S. The lowest BCUT2D eigenvalue weighted by atomic mass is 9.81. The second kappa shape index (κ2) is 6.02. The Kier molecular flexibility index (Phi) is 5.16. The van der Waals surface area contributed by atoms with Gasteiger partial charge < -0.3 is 11.1 Å². The van der Waals surface area contributed by atoms with E-state index in [2.05, 4.69) is 5.32 Å².